The van der Waals surface area contributed by atoms with Gasteiger partial charge in [-0.05, 0) is 12.1 Å². The molecule has 5 nitrogen and oxygen atoms in total. The molecule has 1 aliphatic heterocycles. The fourth-order valence-electron chi connectivity index (χ4n) is 1.74. The molecule has 1 aliphatic rings. The zero-order valence-corrected chi connectivity index (χ0v) is 11.8. The molecule has 0 aliphatic carbocycles. The summed E-state index contributed by atoms with van der Waals surface area (Å²) in [5.41, 5.74) is 3.90. The van der Waals surface area contributed by atoms with Crippen LogP contribution in [0.1, 0.15) is 0 Å². The van der Waals surface area contributed by atoms with Crippen molar-refractivity contribution in [2.75, 3.05) is 18.2 Å². The lowest BCUT2D eigenvalue weighted by molar-refractivity contribution is 0.783. The van der Waals surface area contributed by atoms with E-state index in [1.807, 2.05) is 36.2 Å². The number of amidine groups is 1. The molecule has 0 amide bonds. The van der Waals surface area contributed by atoms with Crippen molar-refractivity contribution >= 4 is 50.9 Å². The summed E-state index contributed by atoms with van der Waals surface area (Å²) in [4.78, 5) is 10.3. The average molecular weight is 289 g/mol. The van der Waals surface area contributed by atoms with Crippen molar-refractivity contribution in [3.05, 3.63) is 30.6 Å². The number of para-hydroxylation sites is 1. The van der Waals surface area contributed by atoms with Crippen LogP contribution in [0.15, 0.2) is 35.7 Å². The van der Waals surface area contributed by atoms with E-state index >= 15 is 0 Å². The van der Waals surface area contributed by atoms with Crippen molar-refractivity contribution in [1.29, 1.82) is 0 Å². The Morgan fingerprint density at radius 2 is 2.21 bits per heavy atom. The van der Waals surface area contributed by atoms with E-state index in [1.165, 1.54) is 6.33 Å². The van der Waals surface area contributed by atoms with Gasteiger partial charge in [0.2, 0.25) is 0 Å². The van der Waals surface area contributed by atoms with Crippen molar-refractivity contribution in [3.8, 4) is 0 Å². The molecule has 7 heteroatoms. The number of hydrazone groups is 1. The van der Waals surface area contributed by atoms with Gasteiger partial charge in [-0.15, -0.1) is 0 Å². The minimum Gasteiger partial charge on any atom is -0.316 e. The van der Waals surface area contributed by atoms with Crippen molar-refractivity contribution in [2.24, 2.45) is 5.10 Å². The van der Waals surface area contributed by atoms with Gasteiger partial charge in [0.25, 0.3) is 0 Å². The Bertz CT molecular complexity index is 665. The molecule has 0 atom stereocenters. The molecule has 0 spiro atoms. The van der Waals surface area contributed by atoms with Gasteiger partial charge in [-0.2, -0.15) is 5.10 Å². The van der Waals surface area contributed by atoms with E-state index in [9.17, 15) is 0 Å². The second-order valence-corrected chi connectivity index (χ2v) is 5.60. The fraction of sp³-hybridized carbons (Fsp3) is 0.167. The molecule has 1 N–H and O–H groups in total. The molecular formula is C12H11N5S2. The van der Waals surface area contributed by atoms with Crippen LogP contribution in [0.4, 0.5) is 5.82 Å². The summed E-state index contributed by atoms with van der Waals surface area (Å²) in [6, 6.07) is 7.82. The standard InChI is InChI=1S/C12H11N5S2/c1-17-10(6-19-12(17)18)15-16-11-8-4-2-3-5-9(8)13-7-14-11/h2-5,7H,6H2,1H3,(H,13,14,16)/b15-10+. The summed E-state index contributed by atoms with van der Waals surface area (Å²) in [6.07, 6.45) is 1.53. The summed E-state index contributed by atoms with van der Waals surface area (Å²) in [5, 5.41) is 5.32. The van der Waals surface area contributed by atoms with Crippen LogP contribution in [0.2, 0.25) is 0 Å². The van der Waals surface area contributed by atoms with Crippen molar-refractivity contribution in [2.45, 2.75) is 0 Å². The first-order chi connectivity index (χ1) is 9.25. The van der Waals surface area contributed by atoms with Crippen molar-refractivity contribution < 1.29 is 0 Å². The Morgan fingerprint density at radius 3 is 3.00 bits per heavy atom. The van der Waals surface area contributed by atoms with Crippen LogP contribution < -0.4 is 5.43 Å². The monoisotopic (exact) mass is 289 g/mol. The van der Waals surface area contributed by atoms with Crippen LogP contribution >= 0.6 is 24.0 Å². The van der Waals surface area contributed by atoms with Gasteiger partial charge >= 0.3 is 0 Å². The Balaban J connectivity index is 1.90. The fourth-order valence-corrected chi connectivity index (χ4v) is 2.84. The van der Waals surface area contributed by atoms with Crippen LogP contribution in [0.3, 0.4) is 0 Å². The highest BCUT2D eigenvalue weighted by molar-refractivity contribution is 8.24. The Labute approximate surface area is 120 Å². The molecule has 0 unspecified atom stereocenters. The third-order valence-corrected chi connectivity index (χ3v) is 4.37. The van der Waals surface area contributed by atoms with E-state index in [0.29, 0.717) is 5.82 Å². The molecule has 0 bridgehead atoms. The smallest absolute Gasteiger partial charge is 0.157 e. The summed E-state index contributed by atoms with van der Waals surface area (Å²) >= 11 is 6.79. The molecule has 2 heterocycles. The quantitative estimate of drug-likeness (QED) is 0.676. The molecule has 1 aromatic carbocycles. The van der Waals surface area contributed by atoms with E-state index in [4.69, 9.17) is 12.2 Å². The van der Waals surface area contributed by atoms with Gasteiger partial charge in [-0.25, -0.2) is 9.97 Å². The second kappa shape index (κ2) is 5.10. The summed E-state index contributed by atoms with van der Waals surface area (Å²) in [7, 11) is 1.92. The number of hydrogen-bond acceptors (Lipinski definition) is 6. The topological polar surface area (TPSA) is 53.4 Å². The first kappa shape index (κ1) is 12.3. The maximum Gasteiger partial charge on any atom is 0.157 e. The second-order valence-electron chi connectivity index (χ2n) is 3.99. The lowest BCUT2D eigenvalue weighted by Gasteiger charge is -2.10. The molecule has 1 saturated heterocycles. The Hall–Kier alpha value is -1.73. The molecule has 1 aromatic heterocycles. The molecule has 0 saturated carbocycles. The van der Waals surface area contributed by atoms with Gasteiger partial charge in [0.1, 0.15) is 16.5 Å². The van der Waals surface area contributed by atoms with E-state index in [-0.39, 0.29) is 0 Å². The first-order valence-electron chi connectivity index (χ1n) is 5.68. The predicted molar refractivity (Wildman–Crippen MR) is 83.4 cm³/mol. The lowest BCUT2D eigenvalue weighted by atomic mass is 10.2. The van der Waals surface area contributed by atoms with Gasteiger partial charge in [0.15, 0.2) is 5.82 Å². The van der Waals surface area contributed by atoms with E-state index in [1.54, 1.807) is 11.8 Å². The van der Waals surface area contributed by atoms with Gasteiger partial charge in [-0.3, -0.25) is 5.43 Å². The first-order valence-corrected chi connectivity index (χ1v) is 7.08. The number of rotatable bonds is 2. The summed E-state index contributed by atoms with van der Waals surface area (Å²) in [5.74, 6) is 2.39. The Morgan fingerprint density at radius 1 is 1.37 bits per heavy atom. The van der Waals surface area contributed by atoms with Crippen molar-refractivity contribution in [1.82, 2.24) is 14.9 Å². The Kier molecular flexibility index (Phi) is 3.31. The van der Waals surface area contributed by atoms with E-state index in [2.05, 4.69) is 20.5 Å². The maximum atomic E-state index is 5.18. The number of nitrogens with zero attached hydrogens (tertiary/aromatic N) is 4. The average Bonchev–Trinajstić information content (AvgIpc) is 2.76. The largest absolute Gasteiger partial charge is 0.316 e. The van der Waals surface area contributed by atoms with Gasteiger partial charge in [0, 0.05) is 12.4 Å². The normalized spacial score (nSPS) is 17.4. The molecule has 1 fully saturated rings. The zero-order chi connectivity index (χ0) is 13.2. The third kappa shape index (κ3) is 2.39. The van der Waals surface area contributed by atoms with Gasteiger partial charge in [-0.1, -0.05) is 36.1 Å². The number of thiocarbonyl (C=S) groups is 1. The SMILES string of the molecule is CN1C(=S)SC/C1=N\Nc1ncnc2ccccc12. The highest BCUT2D eigenvalue weighted by Gasteiger charge is 2.20. The van der Waals surface area contributed by atoms with E-state index in [0.717, 1.165) is 26.8 Å². The maximum absolute atomic E-state index is 5.18. The summed E-state index contributed by atoms with van der Waals surface area (Å²) in [6.45, 7) is 0. The highest BCUT2D eigenvalue weighted by atomic mass is 32.2. The van der Waals surface area contributed by atoms with Crippen LogP contribution in [-0.2, 0) is 0 Å². The molecule has 19 heavy (non-hydrogen) atoms. The number of thioether (sulfide) groups is 1. The number of nitrogens with one attached hydrogen (secondary N) is 1. The molecule has 0 radical (unpaired) electrons. The van der Waals surface area contributed by atoms with Gasteiger partial charge in [0.05, 0.1) is 11.3 Å². The highest BCUT2D eigenvalue weighted by Crippen LogP contribution is 2.21. The number of fused-ring (bicyclic) bond motifs is 1. The lowest BCUT2D eigenvalue weighted by Crippen LogP contribution is -2.24. The number of hydrogen-bond donors (Lipinski definition) is 1. The van der Waals surface area contributed by atoms with E-state index < -0.39 is 0 Å². The number of benzene rings is 1. The van der Waals surface area contributed by atoms with Crippen LogP contribution in [0, 0.1) is 0 Å². The number of aromatic nitrogens is 2. The zero-order valence-electron chi connectivity index (χ0n) is 10.2. The molecular weight excluding hydrogens is 278 g/mol. The van der Waals surface area contributed by atoms with Crippen LogP contribution in [0.25, 0.3) is 10.9 Å². The third-order valence-electron chi connectivity index (χ3n) is 2.82. The summed E-state index contributed by atoms with van der Waals surface area (Å²) < 4.78 is 0.841. The van der Waals surface area contributed by atoms with Gasteiger partial charge < -0.3 is 4.90 Å². The van der Waals surface area contributed by atoms with Crippen molar-refractivity contribution in [3.63, 3.8) is 0 Å². The number of anilines is 1. The molecule has 3 rings (SSSR count). The predicted octanol–water partition coefficient (Wildman–Crippen LogP) is 2.32. The minimum absolute atomic E-state index is 0.703. The molecule has 2 aromatic rings. The molecule has 96 valence electrons. The minimum atomic E-state index is 0.703. The van der Waals surface area contributed by atoms with Crippen LogP contribution in [-0.4, -0.2) is 37.8 Å². The van der Waals surface area contributed by atoms with Crippen LogP contribution in [0.5, 0.6) is 0 Å².